The van der Waals surface area contributed by atoms with Crippen molar-refractivity contribution in [2.24, 2.45) is 13.0 Å². The molecule has 1 amide bonds. The molecule has 0 saturated carbocycles. The molecule has 0 aliphatic carbocycles. The SMILES string of the molecule is COCCN(C[C@@H]1CCCN2CCCC[C@H]12)C(=O)Cc1cn(C)c2ccccc12. The Morgan fingerprint density at radius 1 is 1.17 bits per heavy atom. The number of aromatic nitrogens is 1. The van der Waals surface area contributed by atoms with Gasteiger partial charge >= 0.3 is 0 Å². The van der Waals surface area contributed by atoms with E-state index in [1.165, 1.54) is 56.1 Å². The van der Waals surface area contributed by atoms with Gasteiger partial charge in [-0.3, -0.25) is 4.79 Å². The van der Waals surface area contributed by atoms with Gasteiger partial charge in [0, 0.05) is 50.4 Å². The molecule has 2 saturated heterocycles. The monoisotopic (exact) mass is 397 g/mol. The zero-order chi connectivity index (χ0) is 20.2. The summed E-state index contributed by atoms with van der Waals surface area (Å²) in [4.78, 5) is 18.1. The standard InChI is InChI=1S/C24H35N3O2/c1-25-17-20(21-9-3-4-11-23(21)25)16-24(28)27(14-15-29-2)18-19-8-7-13-26-12-6-5-10-22(19)26/h3-4,9,11,17,19,22H,5-8,10,12-16,18H2,1-2H3/t19-,22+/m0/s1. The Balaban J connectivity index is 1.49. The maximum Gasteiger partial charge on any atom is 0.227 e. The third kappa shape index (κ3) is 4.51. The number of carbonyl (C=O) groups is 1. The summed E-state index contributed by atoms with van der Waals surface area (Å²) in [7, 11) is 3.77. The number of ether oxygens (including phenoxy) is 1. The summed E-state index contributed by atoms with van der Waals surface area (Å²) < 4.78 is 7.46. The Kier molecular flexibility index (Phi) is 6.56. The van der Waals surface area contributed by atoms with Gasteiger partial charge in [0.05, 0.1) is 13.0 Å². The Hall–Kier alpha value is -1.85. The summed E-state index contributed by atoms with van der Waals surface area (Å²) in [6.45, 7) is 4.63. The highest BCUT2D eigenvalue weighted by molar-refractivity contribution is 5.89. The molecule has 1 aromatic heterocycles. The molecule has 0 spiro atoms. The summed E-state index contributed by atoms with van der Waals surface area (Å²) in [5, 5.41) is 1.19. The summed E-state index contributed by atoms with van der Waals surface area (Å²) in [6, 6.07) is 9.01. The van der Waals surface area contributed by atoms with Crippen LogP contribution in [-0.2, 0) is 23.0 Å². The highest BCUT2D eigenvalue weighted by Crippen LogP contribution is 2.31. The average Bonchev–Trinajstić information content (AvgIpc) is 3.06. The molecule has 0 N–H and O–H groups in total. The first kappa shape index (κ1) is 20.4. The van der Waals surface area contributed by atoms with Crippen LogP contribution in [0, 0.1) is 5.92 Å². The minimum absolute atomic E-state index is 0.228. The molecule has 2 atom stereocenters. The lowest BCUT2D eigenvalue weighted by atomic mass is 9.83. The summed E-state index contributed by atoms with van der Waals surface area (Å²) in [5.74, 6) is 0.823. The summed E-state index contributed by atoms with van der Waals surface area (Å²) in [5.41, 5.74) is 2.31. The van der Waals surface area contributed by atoms with Crippen LogP contribution in [0.25, 0.3) is 10.9 Å². The molecule has 0 bridgehead atoms. The number of hydrogen-bond donors (Lipinski definition) is 0. The first-order valence-electron chi connectivity index (χ1n) is 11.2. The van der Waals surface area contributed by atoms with E-state index < -0.39 is 0 Å². The van der Waals surface area contributed by atoms with Crippen molar-refractivity contribution in [1.29, 1.82) is 0 Å². The molecular weight excluding hydrogens is 362 g/mol. The van der Waals surface area contributed by atoms with Crippen LogP contribution < -0.4 is 0 Å². The second-order valence-corrected chi connectivity index (χ2v) is 8.79. The van der Waals surface area contributed by atoms with Crippen LogP contribution in [0.3, 0.4) is 0 Å². The van der Waals surface area contributed by atoms with Gasteiger partial charge in [-0.05, 0) is 56.3 Å². The molecule has 4 rings (SSSR count). The predicted octanol–water partition coefficient (Wildman–Crippen LogP) is 3.46. The lowest BCUT2D eigenvalue weighted by Gasteiger charge is -2.45. The van der Waals surface area contributed by atoms with Crippen LogP contribution in [0.1, 0.15) is 37.7 Å². The van der Waals surface area contributed by atoms with E-state index in [4.69, 9.17) is 4.74 Å². The fourth-order valence-electron chi connectivity index (χ4n) is 5.43. The normalized spacial score (nSPS) is 22.6. The van der Waals surface area contributed by atoms with Crippen LogP contribution in [0.4, 0.5) is 0 Å². The van der Waals surface area contributed by atoms with E-state index in [-0.39, 0.29) is 5.91 Å². The lowest BCUT2D eigenvalue weighted by molar-refractivity contribution is -0.132. The van der Waals surface area contributed by atoms with Gasteiger partial charge in [-0.25, -0.2) is 0 Å². The van der Waals surface area contributed by atoms with Crippen molar-refractivity contribution in [3.8, 4) is 0 Å². The molecule has 0 unspecified atom stereocenters. The van der Waals surface area contributed by atoms with Crippen molar-refractivity contribution in [3.63, 3.8) is 0 Å². The third-order valence-electron chi connectivity index (χ3n) is 6.92. The number of rotatable bonds is 7. The van der Waals surface area contributed by atoms with Gasteiger partial charge in [0.2, 0.25) is 5.91 Å². The van der Waals surface area contributed by atoms with Crippen LogP contribution in [0.15, 0.2) is 30.5 Å². The van der Waals surface area contributed by atoms with E-state index in [0.29, 0.717) is 31.5 Å². The van der Waals surface area contributed by atoms with Gasteiger partial charge in [-0.2, -0.15) is 0 Å². The predicted molar refractivity (Wildman–Crippen MR) is 117 cm³/mol. The number of fused-ring (bicyclic) bond motifs is 2. The quantitative estimate of drug-likeness (QED) is 0.718. The lowest BCUT2D eigenvalue weighted by Crippen LogP contribution is -2.52. The minimum Gasteiger partial charge on any atom is -0.383 e. The van der Waals surface area contributed by atoms with Crippen molar-refractivity contribution < 1.29 is 9.53 Å². The molecule has 2 aliphatic rings. The van der Waals surface area contributed by atoms with Crippen LogP contribution in [-0.4, -0.2) is 66.2 Å². The zero-order valence-corrected chi connectivity index (χ0v) is 18.0. The fourth-order valence-corrected chi connectivity index (χ4v) is 5.43. The average molecular weight is 398 g/mol. The molecule has 2 aromatic rings. The van der Waals surface area contributed by atoms with Crippen molar-refractivity contribution in [1.82, 2.24) is 14.4 Å². The molecule has 0 radical (unpaired) electrons. The number of piperidine rings is 2. The number of carbonyl (C=O) groups excluding carboxylic acids is 1. The van der Waals surface area contributed by atoms with E-state index in [0.717, 1.165) is 12.1 Å². The Morgan fingerprint density at radius 3 is 2.86 bits per heavy atom. The Bertz CT molecular complexity index is 829. The second-order valence-electron chi connectivity index (χ2n) is 8.79. The van der Waals surface area contributed by atoms with Gasteiger partial charge in [0.25, 0.3) is 0 Å². The van der Waals surface area contributed by atoms with Crippen molar-refractivity contribution in [2.75, 3.05) is 39.9 Å². The molecule has 29 heavy (non-hydrogen) atoms. The van der Waals surface area contributed by atoms with E-state index in [1.807, 2.05) is 0 Å². The number of hydrogen-bond acceptors (Lipinski definition) is 3. The molecule has 158 valence electrons. The first-order valence-corrected chi connectivity index (χ1v) is 11.2. The second kappa shape index (κ2) is 9.31. The summed E-state index contributed by atoms with van der Waals surface area (Å²) in [6.07, 6.45) is 9.03. The third-order valence-corrected chi connectivity index (χ3v) is 6.92. The van der Waals surface area contributed by atoms with E-state index in [2.05, 4.69) is 51.9 Å². The van der Waals surface area contributed by atoms with E-state index in [9.17, 15) is 4.79 Å². The number of benzene rings is 1. The summed E-state index contributed by atoms with van der Waals surface area (Å²) >= 11 is 0. The van der Waals surface area contributed by atoms with E-state index in [1.54, 1.807) is 7.11 Å². The molecule has 5 nitrogen and oxygen atoms in total. The first-order chi connectivity index (χ1) is 14.2. The molecule has 2 aliphatic heterocycles. The van der Waals surface area contributed by atoms with Crippen LogP contribution in [0.5, 0.6) is 0 Å². The number of nitrogens with zero attached hydrogens (tertiary/aromatic N) is 3. The topological polar surface area (TPSA) is 37.7 Å². The van der Waals surface area contributed by atoms with Crippen LogP contribution >= 0.6 is 0 Å². The number of para-hydroxylation sites is 1. The fraction of sp³-hybridized carbons (Fsp3) is 0.625. The highest BCUT2D eigenvalue weighted by Gasteiger charge is 2.34. The Morgan fingerprint density at radius 2 is 2.00 bits per heavy atom. The molecule has 5 heteroatoms. The molecule has 1 aromatic carbocycles. The van der Waals surface area contributed by atoms with E-state index >= 15 is 0 Å². The Labute approximate surface area is 174 Å². The van der Waals surface area contributed by atoms with Crippen molar-refractivity contribution in [2.45, 2.75) is 44.6 Å². The smallest absolute Gasteiger partial charge is 0.227 e. The highest BCUT2D eigenvalue weighted by atomic mass is 16.5. The van der Waals surface area contributed by atoms with Gasteiger partial charge in [0.15, 0.2) is 0 Å². The zero-order valence-electron chi connectivity index (χ0n) is 18.0. The maximum atomic E-state index is 13.4. The van der Waals surface area contributed by atoms with Crippen LogP contribution in [0.2, 0.25) is 0 Å². The number of amides is 1. The largest absolute Gasteiger partial charge is 0.383 e. The molecule has 2 fully saturated rings. The van der Waals surface area contributed by atoms with Gasteiger partial charge in [0.1, 0.15) is 0 Å². The van der Waals surface area contributed by atoms with Crippen molar-refractivity contribution >= 4 is 16.8 Å². The van der Waals surface area contributed by atoms with Gasteiger partial charge in [-0.15, -0.1) is 0 Å². The number of methoxy groups -OCH3 is 1. The molecular formula is C24H35N3O2. The van der Waals surface area contributed by atoms with Gasteiger partial charge < -0.3 is 19.1 Å². The number of aryl methyl sites for hydroxylation is 1. The molecule has 3 heterocycles. The minimum atomic E-state index is 0.228. The van der Waals surface area contributed by atoms with Gasteiger partial charge in [-0.1, -0.05) is 24.6 Å². The maximum absolute atomic E-state index is 13.4. The van der Waals surface area contributed by atoms with Crippen molar-refractivity contribution in [3.05, 3.63) is 36.0 Å².